The third-order valence-electron chi connectivity index (χ3n) is 3.51. The zero-order valence-corrected chi connectivity index (χ0v) is 18.8. The van der Waals surface area contributed by atoms with Crippen LogP contribution in [0, 0.1) is 0 Å². The van der Waals surface area contributed by atoms with Gasteiger partial charge in [0.2, 0.25) is 0 Å². The van der Waals surface area contributed by atoms with Gasteiger partial charge in [-0.25, -0.2) is 10.9 Å². The fraction of sp³-hybridized carbons (Fsp3) is 0.111. The first-order chi connectivity index (χ1) is 14.3. The maximum atomic E-state index is 11.8. The Balaban J connectivity index is 1.95. The van der Waals surface area contributed by atoms with Crippen molar-refractivity contribution in [1.29, 1.82) is 0 Å². The van der Waals surface area contributed by atoms with Gasteiger partial charge in [0.05, 0.1) is 35.6 Å². The lowest BCUT2D eigenvalue weighted by atomic mass is 10.2. The van der Waals surface area contributed by atoms with E-state index in [1.54, 1.807) is 12.1 Å². The van der Waals surface area contributed by atoms with Crippen LogP contribution in [0.2, 0.25) is 0 Å². The number of phenols is 2. The monoisotopic (exact) mass is 542 g/mol. The fourth-order valence-corrected chi connectivity index (χ4v) is 3.00. The van der Waals surface area contributed by atoms with Gasteiger partial charge in [-0.05, 0) is 67.3 Å². The minimum atomic E-state index is -1.04. The number of halogens is 2. The van der Waals surface area contributed by atoms with Gasteiger partial charge in [-0.3, -0.25) is 9.59 Å². The third-order valence-corrected chi connectivity index (χ3v) is 4.72. The molecule has 0 fully saturated rings. The normalized spacial score (nSPS) is 10.9. The minimum absolute atomic E-state index is 0.0748. The molecule has 0 saturated carbocycles. The summed E-state index contributed by atoms with van der Waals surface area (Å²) in [7, 11) is 2.78. The number of aromatic hydroxyl groups is 2. The van der Waals surface area contributed by atoms with Crippen molar-refractivity contribution in [3.05, 3.63) is 44.3 Å². The molecule has 2 aromatic carbocycles. The number of hydrazone groups is 2. The molecule has 0 radical (unpaired) electrons. The minimum Gasteiger partial charge on any atom is -0.503 e. The molecule has 2 rings (SSSR count). The smallest absolute Gasteiger partial charge is 0.331 e. The number of methoxy groups -OCH3 is 2. The van der Waals surface area contributed by atoms with Crippen LogP contribution in [0.25, 0.3) is 0 Å². The number of ether oxygens (including phenoxy) is 2. The topological polar surface area (TPSA) is 142 Å². The number of rotatable bonds is 6. The summed E-state index contributed by atoms with van der Waals surface area (Å²) in [6.07, 6.45) is 2.53. The van der Waals surface area contributed by atoms with Crippen molar-refractivity contribution in [2.24, 2.45) is 10.2 Å². The molecular weight excluding hydrogens is 528 g/mol. The summed E-state index contributed by atoms with van der Waals surface area (Å²) in [6, 6.07) is 6.07. The number of benzene rings is 2. The number of hydrogen-bond acceptors (Lipinski definition) is 8. The van der Waals surface area contributed by atoms with E-state index in [1.165, 1.54) is 38.8 Å². The van der Waals surface area contributed by atoms with Crippen molar-refractivity contribution in [1.82, 2.24) is 10.9 Å². The van der Waals surface area contributed by atoms with Gasteiger partial charge in [-0.15, -0.1) is 0 Å². The van der Waals surface area contributed by atoms with Gasteiger partial charge in [0, 0.05) is 0 Å². The van der Waals surface area contributed by atoms with Crippen LogP contribution in [0.4, 0.5) is 0 Å². The van der Waals surface area contributed by atoms with Crippen LogP contribution in [0.3, 0.4) is 0 Å². The van der Waals surface area contributed by atoms with E-state index in [1.807, 2.05) is 0 Å². The molecule has 0 spiro atoms. The number of nitrogens with zero attached hydrogens (tertiary/aromatic N) is 2. The summed E-state index contributed by atoms with van der Waals surface area (Å²) < 4.78 is 10.8. The zero-order valence-electron chi connectivity index (χ0n) is 15.6. The number of phenolic OH excluding ortho intramolecular Hbond substituents is 2. The van der Waals surface area contributed by atoms with Gasteiger partial charge in [0.25, 0.3) is 0 Å². The van der Waals surface area contributed by atoms with Gasteiger partial charge in [0.15, 0.2) is 23.0 Å². The predicted molar refractivity (Wildman–Crippen MR) is 116 cm³/mol. The van der Waals surface area contributed by atoms with Crippen LogP contribution in [-0.4, -0.2) is 48.7 Å². The second kappa shape index (κ2) is 10.6. The van der Waals surface area contributed by atoms with E-state index in [4.69, 9.17) is 9.47 Å². The highest BCUT2D eigenvalue weighted by atomic mass is 79.9. The van der Waals surface area contributed by atoms with E-state index in [2.05, 4.69) is 52.9 Å². The summed E-state index contributed by atoms with van der Waals surface area (Å²) >= 11 is 6.33. The van der Waals surface area contributed by atoms with E-state index < -0.39 is 11.8 Å². The molecule has 2 aromatic rings. The number of nitrogens with one attached hydrogen (secondary N) is 2. The molecule has 0 aliphatic carbocycles. The highest BCUT2D eigenvalue weighted by Gasteiger charge is 2.12. The molecule has 0 heterocycles. The summed E-state index contributed by atoms with van der Waals surface area (Å²) in [4.78, 5) is 23.5. The molecule has 0 bridgehead atoms. The summed E-state index contributed by atoms with van der Waals surface area (Å²) in [5.41, 5.74) is 5.11. The van der Waals surface area contributed by atoms with Crippen LogP contribution < -0.4 is 20.3 Å². The second-order valence-electron chi connectivity index (χ2n) is 5.51. The van der Waals surface area contributed by atoms with Gasteiger partial charge in [-0.2, -0.15) is 10.2 Å². The van der Waals surface area contributed by atoms with Crippen molar-refractivity contribution >= 4 is 56.1 Å². The quantitative estimate of drug-likeness (QED) is 0.250. The highest BCUT2D eigenvalue weighted by molar-refractivity contribution is 9.10. The first-order valence-electron chi connectivity index (χ1n) is 8.06. The third kappa shape index (κ3) is 5.94. The average Bonchev–Trinajstić information content (AvgIpc) is 2.72. The van der Waals surface area contributed by atoms with Crippen molar-refractivity contribution in [2.45, 2.75) is 0 Å². The maximum absolute atomic E-state index is 11.8. The molecule has 0 unspecified atom stereocenters. The van der Waals surface area contributed by atoms with Crippen molar-refractivity contribution in [3.8, 4) is 23.0 Å². The second-order valence-corrected chi connectivity index (χ2v) is 7.21. The van der Waals surface area contributed by atoms with Crippen LogP contribution in [0.15, 0.2) is 43.4 Å². The largest absolute Gasteiger partial charge is 0.503 e. The van der Waals surface area contributed by atoms with Gasteiger partial charge < -0.3 is 19.7 Å². The first kappa shape index (κ1) is 23.2. The van der Waals surface area contributed by atoms with Crippen LogP contribution >= 0.6 is 31.9 Å². The Bertz CT molecular complexity index is 945. The molecule has 0 aliphatic heterocycles. The van der Waals surface area contributed by atoms with Crippen LogP contribution in [-0.2, 0) is 9.59 Å². The number of amides is 2. The molecule has 158 valence electrons. The van der Waals surface area contributed by atoms with Crippen molar-refractivity contribution in [3.63, 3.8) is 0 Å². The van der Waals surface area contributed by atoms with Gasteiger partial charge in [-0.1, -0.05) is 0 Å². The number of carbonyl (C=O) groups excluding carboxylic acids is 2. The van der Waals surface area contributed by atoms with Crippen LogP contribution in [0.5, 0.6) is 23.0 Å². The molecule has 30 heavy (non-hydrogen) atoms. The van der Waals surface area contributed by atoms with E-state index in [-0.39, 0.29) is 23.0 Å². The lowest BCUT2D eigenvalue weighted by Crippen LogP contribution is -2.35. The molecule has 0 aliphatic rings. The Kier molecular flexibility index (Phi) is 8.18. The average molecular weight is 544 g/mol. The molecular formula is C18H16Br2N4O6. The summed E-state index contributed by atoms with van der Waals surface area (Å²) in [6.45, 7) is 0. The Hall–Kier alpha value is -3.12. The lowest BCUT2D eigenvalue weighted by molar-refractivity contribution is -0.139. The highest BCUT2D eigenvalue weighted by Crippen LogP contribution is 2.35. The number of carbonyl (C=O) groups is 2. The first-order valence-corrected chi connectivity index (χ1v) is 9.64. The predicted octanol–water partition coefficient (Wildman–Crippen LogP) is 2.24. The molecule has 0 saturated heterocycles. The Morgan fingerprint density at radius 3 is 1.53 bits per heavy atom. The SMILES string of the molecule is COc1cc(/C=N/NC(=O)C(=O)N/N=C/c2cc(Br)c(O)c(OC)c2)cc(Br)c1O. The molecule has 0 aromatic heterocycles. The Labute approximate surface area is 187 Å². The molecule has 10 nitrogen and oxygen atoms in total. The molecule has 4 N–H and O–H groups in total. The van der Waals surface area contributed by atoms with Gasteiger partial charge in [0.1, 0.15) is 0 Å². The van der Waals surface area contributed by atoms with Crippen molar-refractivity contribution in [2.75, 3.05) is 14.2 Å². The van der Waals surface area contributed by atoms with E-state index >= 15 is 0 Å². The van der Waals surface area contributed by atoms with Crippen molar-refractivity contribution < 1.29 is 29.3 Å². The molecule has 0 atom stereocenters. The Morgan fingerprint density at radius 2 is 1.20 bits per heavy atom. The Morgan fingerprint density at radius 1 is 0.833 bits per heavy atom. The van der Waals surface area contributed by atoms with E-state index in [0.717, 1.165) is 0 Å². The molecule has 12 heteroatoms. The van der Waals surface area contributed by atoms with E-state index in [0.29, 0.717) is 20.1 Å². The fourth-order valence-electron chi connectivity index (χ4n) is 2.08. The summed E-state index contributed by atoms with van der Waals surface area (Å²) in [5.74, 6) is -1.82. The summed E-state index contributed by atoms with van der Waals surface area (Å²) in [5, 5.41) is 26.9. The lowest BCUT2D eigenvalue weighted by Gasteiger charge is -2.06. The molecule has 2 amide bonds. The van der Waals surface area contributed by atoms with Crippen LogP contribution in [0.1, 0.15) is 11.1 Å². The zero-order chi connectivity index (χ0) is 22.3. The maximum Gasteiger partial charge on any atom is 0.331 e. The standard InChI is InChI=1S/C18H16Br2N4O6/c1-29-13-5-9(3-11(19)15(13)25)7-21-23-17(27)18(28)24-22-8-10-4-12(20)16(26)14(6-10)30-2/h3-8,25-26H,1-2H3,(H,23,27)(H,24,28)/b21-7+,22-8+. The number of hydrogen-bond donors (Lipinski definition) is 4. The van der Waals surface area contributed by atoms with Gasteiger partial charge >= 0.3 is 11.8 Å². The van der Waals surface area contributed by atoms with E-state index in [9.17, 15) is 19.8 Å².